The van der Waals surface area contributed by atoms with Gasteiger partial charge in [-0.2, -0.15) is 0 Å². The van der Waals surface area contributed by atoms with Gasteiger partial charge in [0, 0.05) is 29.2 Å². The molecule has 0 saturated carbocycles. The molecule has 0 aromatic heterocycles. The standard InChI is InChI=1S/C16H17BrN2O2/c1-2-12-3-5-13(6-4-12)10-18-11-14-9-15(17)7-8-16(14)19(20)21/h3-9,18H,2,10-11H2,1H3. The summed E-state index contributed by atoms with van der Waals surface area (Å²) in [4.78, 5) is 10.7. The molecule has 5 heteroatoms. The SMILES string of the molecule is CCc1ccc(CNCc2cc(Br)ccc2[N+](=O)[O-])cc1. The lowest BCUT2D eigenvalue weighted by Crippen LogP contribution is -2.13. The first-order valence-corrected chi connectivity index (χ1v) is 7.61. The lowest BCUT2D eigenvalue weighted by Gasteiger charge is -2.07. The van der Waals surface area contributed by atoms with Crippen LogP contribution in [0.4, 0.5) is 5.69 Å². The van der Waals surface area contributed by atoms with E-state index in [2.05, 4.69) is 52.4 Å². The third-order valence-corrected chi connectivity index (χ3v) is 3.81. The normalized spacial score (nSPS) is 10.6. The maximum absolute atomic E-state index is 11.0. The monoisotopic (exact) mass is 348 g/mol. The van der Waals surface area contributed by atoms with Gasteiger partial charge in [-0.1, -0.05) is 47.1 Å². The van der Waals surface area contributed by atoms with Crippen molar-refractivity contribution in [2.45, 2.75) is 26.4 Å². The number of nitrogens with one attached hydrogen (secondary N) is 1. The molecule has 0 spiro atoms. The minimum Gasteiger partial charge on any atom is -0.308 e. The summed E-state index contributed by atoms with van der Waals surface area (Å²) in [6.07, 6.45) is 1.03. The highest BCUT2D eigenvalue weighted by Gasteiger charge is 2.13. The summed E-state index contributed by atoms with van der Waals surface area (Å²) in [6.45, 7) is 3.28. The van der Waals surface area contributed by atoms with Crippen LogP contribution in [0.2, 0.25) is 0 Å². The Morgan fingerprint density at radius 3 is 2.38 bits per heavy atom. The molecular weight excluding hydrogens is 332 g/mol. The van der Waals surface area contributed by atoms with Crippen molar-refractivity contribution in [3.05, 3.63) is 73.7 Å². The Kier molecular flexibility index (Phi) is 5.47. The van der Waals surface area contributed by atoms with Crippen LogP contribution in [0, 0.1) is 10.1 Å². The second-order valence-electron chi connectivity index (χ2n) is 4.80. The largest absolute Gasteiger partial charge is 0.308 e. The van der Waals surface area contributed by atoms with Crippen LogP contribution in [0.25, 0.3) is 0 Å². The van der Waals surface area contributed by atoms with Gasteiger partial charge in [0.15, 0.2) is 0 Å². The zero-order valence-electron chi connectivity index (χ0n) is 11.8. The Labute approximate surface area is 132 Å². The van der Waals surface area contributed by atoms with E-state index in [9.17, 15) is 10.1 Å². The zero-order chi connectivity index (χ0) is 15.2. The van der Waals surface area contributed by atoms with Crippen LogP contribution in [-0.2, 0) is 19.5 Å². The van der Waals surface area contributed by atoms with Crippen molar-refractivity contribution in [2.24, 2.45) is 0 Å². The number of hydrogen-bond donors (Lipinski definition) is 1. The lowest BCUT2D eigenvalue weighted by molar-refractivity contribution is -0.385. The highest BCUT2D eigenvalue weighted by Crippen LogP contribution is 2.22. The number of rotatable bonds is 6. The van der Waals surface area contributed by atoms with E-state index in [1.807, 2.05) is 0 Å². The maximum atomic E-state index is 11.0. The van der Waals surface area contributed by atoms with E-state index in [0.29, 0.717) is 18.7 Å². The van der Waals surface area contributed by atoms with Gasteiger partial charge < -0.3 is 5.32 Å². The molecule has 1 N–H and O–H groups in total. The van der Waals surface area contributed by atoms with Gasteiger partial charge in [0.05, 0.1) is 4.92 Å². The van der Waals surface area contributed by atoms with Crippen LogP contribution in [0.1, 0.15) is 23.6 Å². The van der Waals surface area contributed by atoms with Crippen molar-refractivity contribution in [1.29, 1.82) is 0 Å². The maximum Gasteiger partial charge on any atom is 0.273 e. The van der Waals surface area contributed by atoms with E-state index in [1.54, 1.807) is 12.1 Å². The molecule has 21 heavy (non-hydrogen) atoms. The summed E-state index contributed by atoms with van der Waals surface area (Å²) in [6, 6.07) is 13.4. The second-order valence-corrected chi connectivity index (χ2v) is 5.72. The summed E-state index contributed by atoms with van der Waals surface area (Å²) in [5, 5.41) is 14.3. The molecule has 0 aliphatic carbocycles. The van der Waals surface area contributed by atoms with Crippen LogP contribution >= 0.6 is 15.9 Å². The fourth-order valence-corrected chi connectivity index (χ4v) is 2.52. The Bertz CT molecular complexity index is 627. The van der Waals surface area contributed by atoms with Gasteiger partial charge in [0.1, 0.15) is 0 Å². The Morgan fingerprint density at radius 2 is 1.76 bits per heavy atom. The third kappa shape index (κ3) is 4.37. The molecule has 4 nitrogen and oxygen atoms in total. The highest BCUT2D eigenvalue weighted by molar-refractivity contribution is 9.10. The fourth-order valence-electron chi connectivity index (χ4n) is 2.11. The molecule has 0 aliphatic heterocycles. The van der Waals surface area contributed by atoms with Gasteiger partial charge in [0.25, 0.3) is 5.69 Å². The predicted octanol–water partition coefficient (Wildman–Crippen LogP) is 4.21. The molecule has 0 unspecified atom stereocenters. The van der Waals surface area contributed by atoms with Crippen LogP contribution in [0.15, 0.2) is 46.9 Å². The quantitative estimate of drug-likeness (QED) is 0.628. The molecule has 0 amide bonds. The molecule has 2 aromatic rings. The van der Waals surface area contributed by atoms with E-state index < -0.39 is 0 Å². The number of nitro benzene ring substituents is 1. The fraction of sp³-hybridized carbons (Fsp3) is 0.250. The summed E-state index contributed by atoms with van der Waals surface area (Å²) < 4.78 is 0.845. The van der Waals surface area contributed by atoms with Crippen molar-refractivity contribution >= 4 is 21.6 Å². The van der Waals surface area contributed by atoms with E-state index in [0.717, 1.165) is 10.9 Å². The molecule has 2 aromatic carbocycles. The molecule has 0 radical (unpaired) electrons. The van der Waals surface area contributed by atoms with Crippen LogP contribution < -0.4 is 5.32 Å². The number of halogens is 1. The number of hydrogen-bond acceptors (Lipinski definition) is 3. The number of nitrogens with zero attached hydrogens (tertiary/aromatic N) is 1. The van der Waals surface area contributed by atoms with Crippen molar-refractivity contribution < 1.29 is 4.92 Å². The molecule has 2 rings (SSSR count). The van der Waals surface area contributed by atoms with Crippen molar-refractivity contribution in [3.8, 4) is 0 Å². The van der Waals surface area contributed by atoms with E-state index in [-0.39, 0.29) is 10.6 Å². The molecule has 0 fully saturated rings. The van der Waals surface area contributed by atoms with Crippen LogP contribution in [0.5, 0.6) is 0 Å². The molecule has 0 saturated heterocycles. The van der Waals surface area contributed by atoms with Crippen LogP contribution in [-0.4, -0.2) is 4.92 Å². The molecule has 110 valence electrons. The topological polar surface area (TPSA) is 55.2 Å². The molecular formula is C16H17BrN2O2. The average molecular weight is 349 g/mol. The van der Waals surface area contributed by atoms with Gasteiger partial charge in [-0.25, -0.2) is 0 Å². The number of nitro groups is 1. The Hall–Kier alpha value is -1.72. The molecule has 0 atom stereocenters. The third-order valence-electron chi connectivity index (χ3n) is 3.31. The van der Waals surface area contributed by atoms with Gasteiger partial charge in [-0.05, 0) is 29.7 Å². The first-order valence-electron chi connectivity index (χ1n) is 6.81. The van der Waals surface area contributed by atoms with Gasteiger partial charge >= 0.3 is 0 Å². The van der Waals surface area contributed by atoms with Gasteiger partial charge in [0.2, 0.25) is 0 Å². The minimum atomic E-state index is -0.348. The van der Waals surface area contributed by atoms with Crippen molar-refractivity contribution in [1.82, 2.24) is 5.32 Å². The predicted molar refractivity (Wildman–Crippen MR) is 87.2 cm³/mol. The van der Waals surface area contributed by atoms with Crippen LogP contribution in [0.3, 0.4) is 0 Å². The smallest absolute Gasteiger partial charge is 0.273 e. The molecule has 0 heterocycles. The lowest BCUT2D eigenvalue weighted by atomic mass is 10.1. The number of benzene rings is 2. The average Bonchev–Trinajstić information content (AvgIpc) is 2.48. The van der Waals surface area contributed by atoms with Crippen molar-refractivity contribution in [3.63, 3.8) is 0 Å². The summed E-state index contributed by atoms with van der Waals surface area (Å²) >= 11 is 3.35. The Morgan fingerprint density at radius 1 is 1.10 bits per heavy atom. The first kappa shape index (κ1) is 15.7. The number of aryl methyl sites for hydroxylation is 1. The van der Waals surface area contributed by atoms with Crippen molar-refractivity contribution in [2.75, 3.05) is 0 Å². The van der Waals surface area contributed by atoms with E-state index in [1.165, 1.54) is 17.2 Å². The second kappa shape index (κ2) is 7.33. The van der Waals surface area contributed by atoms with Gasteiger partial charge in [-0.3, -0.25) is 10.1 Å². The molecule has 0 bridgehead atoms. The molecule has 0 aliphatic rings. The van der Waals surface area contributed by atoms with Gasteiger partial charge in [-0.15, -0.1) is 0 Å². The minimum absolute atomic E-state index is 0.145. The summed E-state index contributed by atoms with van der Waals surface area (Å²) in [5.74, 6) is 0. The zero-order valence-corrected chi connectivity index (χ0v) is 13.4. The summed E-state index contributed by atoms with van der Waals surface area (Å²) in [5.41, 5.74) is 3.30. The highest BCUT2D eigenvalue weighted by atomic mass is 79.9. The summed E-state index contributed by atoms with van der Waals surface area (Å²) in [7, 11) is 0. The van der Waals surface area contributed by atoms with E-state index >= 15 is 0 Å². The Balaban J connectivity index is 1.99. The first-order chi connectivity index (χ1) is 10.1. The van der Waals surface area contributed by atoms with E-state index in [4.69, 9.17) is 0 Å².